The first-order valence-electron chi connectivity index (χ1n) is 8.32. The topological polar surface area (TPSA) is 101 Å². The Bertz CT molecular complexity index is 859. The number of nitrogens with zero attached hydrogens (tertiary/aromatic N) is 1. The molecule has 0 saturated heterocycles. The van der Waals surface area contributed by atoms with Gasteiger partial charge in [0.2, 0.25) is 0 Å². The molecule has 1 aromatic carbocycles. The van der Waals surface area contributed by atoms with Crippen molar-refractivity contribution in [2.45, 2.75) is 46.0 Å². The summed E-state index contributed by atoms with van der Waals surface area (Å²) in [6.07, 6.45) is 5.26. The molecule has 0 atom stereocenters. The second kappa shape index (κ2) is 8.62. The number of hydrogen-bond donors (Lipinski definition) is 3. The Morgan fingerprint density at radius 3 is 2.76 bits per heavy atom. The minimum Gasteiger partial charge on any atom is -0.508 e. The van der Waals surface area contributed by atoms with Gasteiger partial charge in [-0.05, 0) is 49.7 Å². The summed E-state index contributed by atoms with van der Waals surface area (Å²) in [6.45, 7) is 3.82. The third-order valence-corrected chi connectivity index (χ3v) is 4.05. The molecule has 7 heteroatoms. The molecule has 0 saturated carbocycles. The normalized spacial score (nSPS) is 11.7. The van der Waals surface area contributed by atoms with Gasteiger partial charge in [-0.25, -0.2) is 4.79 Å². The second-order valence-corrected chi connectivity index (χ2v) is 6.39. The van der Waals surface area contributed by atoms with Crippen molar-refractivity contribution in [2.75, 3.05) is 0 Å². The molecule has 0 aliphatic rings. The van der Waals surface area contributed by atoms with Crippen molar-refractivity contribution in [1.29, 1.82) is 0 Å². The number of fused-ring (bicyclic) bond motifs is 1. The molecule has 25 heavy (non-hydrogen) atoms. The maximum Gasteiger partial charge on any atom is 0.345 e. The van der Waals surface area contributed by atoms with Crippen molar-refractivity contribution < 1.29 is 9.52 Å². The predicted molar refractivity (Wildman–Crippen MR) is 104 cm³/mol. The van der Waals surface area contributed by atoms with Crippen LogP contribution in [0.25, 0.3) is 11.0 Å². The summed E-state index contributed by atoms with van der Waals surface area (Å²) in [4.78, 5) is 12.1. The van der Waals surface area contributed by atoms with Gasteiger partial charge in [-0.1, -0.05) is 26.2 Å². The van der Waals surface area contributed by atoms with Gasteiger partial charge in [0.1, 0.15) is 11.3 Å². The Labute approximate surface area is 151 Å². The monoisotopic (exact) mass is 361 g/mol. The van der Waals surface area contributed by atoms with Crippen LogP contribution in [0.5, 0.6) is 5.75 Å². The molecule has 134 valence electrons. The SMILES string of the molecule is CCCCCCc1cc2cc(C(C)=NNC(N)=S)c(=O)oc2cc1O. The van der Waals surface area contributed by atoms with E-state index >= 15 is 0 Å². The molecule has 2 aromatic rings. The minimum absolute atomic E-state index is 0.0174. The highest BCUT2D eigenvalue weighted by Gasteiger charge is 2.11. The van der Waals surface area contributed by atoms with Gasteiger partial charge in [-0.3, -0.25) is 5.43 Å². The molecule has 0 unspecified atom stereocenters. The predicted octanol–water partition coefficient (Wildman–Crippen LogP) is 3.18. The first kappa shape index (κ1) is 18.9. The molecule has 2 rings (SSSR count). The summed E-state index contributed by atoms with van der Waals surface area (Å²) in [7, 11) is 0. The molecule has 0 radical (unpaired) electrons. The summed E-state index contributed by atoms with van der Waals surface area (Å²) < 4.78 is 5.31. The average molecular weight is 361 g/mol. The molecule has 0 amide bonds. The first-order chi connectivity index (χ1) is 11.9. The molecule has 0 fully saturated rings. The van der Waals surface area contributed by atoms with E-state index < -0.39 is 5.63 Å². The molecule has 4 N–H and O–H groups in total. The third kappa shape index (κ3) is 5.03. The molecule has 6 nitrogen and oxygen atoms in total. The van der Waals surface area contributed by atoms with Crippen molar-refractivity contribution in [3.05, 3.63) is 39.7 Å². The van der Waals surface area contributed by atoms with Crippen LogP contribution in [0.1, 0.15) is 50.7 Å². The van der Waals surface area contributed by atoms with Crippen molar-refractivity contribution in [3.63, 3.8) is 0 Å². The molecule has 0 bridgehead atoms. The van der Waals surface area contributed by atoms with E-state index in [1.807, 2.05) is 6.07 Å². The zero-order valence-corrected chi connectivity index (χ0v) is 15.3. The summed E-state index contributed by atoms with van der Waals surface area (Å²) in [5.41, 5.74) is 9.19. The maximum absolute atomic E-state index is 12.1. The number of aromatic hydroxyl groups is 1. The number of benzene rings is 1. The van der Waals surface area contributed by atoms with Crippen LogP contribution in [-0.2, 0) is 6.42 Å². The lowest BCUT2D eigenvalue weighted by molar-refractivity contribution is 0.464. The van der Waals surface area contributed by atoms with Crippen LogP contribution in [0.15, 0.2) is 32.5 Å². The van der Waals surface area contributed by atoms with E-state index in [4.69, 9.17) is 22.4 Å². The minimum atomic E-state index is -0.534. The zero-order chi connectivity index (χ0) is 18.4. The number of thiocarbonyl (C=S) groups is 1. The number of nitrogens with two attached hydrogens (primary N) is 1. The van der Waals surface area contributed by atoms with Crippen LogP contribution in [0.3, 0.4) is 0 Å². The van der Waals surface area contributed by atoms with Gasteiger partial charge >= 0.3 is 5.63 Å². The van der Waals surface area contributed by atoms with Gasteiger partial charge in [-0.2, -0.15) is 5.10 Å². The number of aryl methyl sites for hydroxylation is 1. The Morgan fingerprint density at radius 1 is 1.32 bits per heavy atom. The number of hydrazone groups is 1. The lowest BCUT2D eigenvalue weighted by atomic mass is 10.0. The van der Waals surface area contributed by atoms with Crippen molar-refractivity contribution in [2.24, 2.45) is 10.8 Å². The van der Waals surface area contributed by atoms with Crippen molar-refractivity contribution in [1.82, 2.24) is 5.43 Å². The van der Waals surface area contributed by atoms with E-state index in [1.165, 1.54) is 12.5 Å². The van der Waals surface area contributed by atoms with E-state index in [9.17, 15) is 9.90 Å². The van der Waals surface area contributed by atoms with Crippen LogP contribution in [0.4, 0.5) is 0 Å². The summed E-state index contributed by atoms with van der Waals surface area (Å²) in [5.74, 6) is 0.153. The molecule has 1 aromatic heterocycles. The Hall–Kier alpha value is -2.41. The van der Waals surface area contributed by atoms with E-state index in [-0.39, 0.29) is 10.9 Å². The van der Waals surface area contributed by atoms with E-state index in [2.05, 4.69) is 17.5 Å². The van der Waals surface area contributed by atoms with Crippen molar-refractivity contribution >= 4 is 34.0 Å². The highest BCUT2D eigenvalue weighted by Crippen LogP contribution is 2.26. The van der Waals surface area contributed by atoms with Gasteiger partial charge < -0.3 is 15.3 Å². The van der Waals surface area contributed by atoms with E-state index in [0.29, 0.717) is 16.9 Å². The van der Waals surface area contributed by atoms with Gasteiger partial charge in [0.25, 0.3) is 0 Å². The zero-order valence-electron chi connectivity index (χ0n) is 14.5. The number of phenolic OH excluding ortho intramolecular Hbond substituents is 1. The van der Waals surface area contributed by atoms with Crippen LogP contribution >= 0.6 is 12.2 Å². The number of rotatable bonds is 7. The fraction of sp³-hybridized carbons (Fsp3) is 0.389. The molecule has 0 aliphatic heterocycles. The average Bonchev–Trinajstić information content (AvgIpc) is 2.56. The molecular weight excluding hydrogens is 338 g/mol. The maximum atomic E-state index is 12.1. The van der Waals surface area contributed by atoms with Gasteiger partial charge in [0, 0.05) is 11.5 Å². The standard InChI is InChI=1S/C18H23N3O3S/c1-3-4-5-6-7-12-8-13-9-14(11(2)20-21-18(19)25)17(23)24-16(13)10-15(12)22/h8-10,22H,3-7H2,1-2H3,(H3,19,21,25). The Morgan fingerprint density at radius 2 is 2.08 bits per heavy atom. The number of nitrogens with one attached hydrogen (secondary N) is 1. The van der Waals surface area contributed by atoms with Gasteiger partial charge in [0.05, 0.1) is 11.3 Å². The van der Waals surface area contributed by atoms with Gasteiger partial charge in [-0.15, -0.1) is 0 Å². The van der Waals surface area contributed by atoms with E-state index in [1.54, 1.807) is 13.0 Å². The number of unbranched alkanes of at least 4 members (excludes halogenated alkanes) is 3. The molecule has 0 spiro atoms. The van der Waals surface area contributed by atoms with Crippen LogP contribution in [-0.4, -0.2) is 15.9 Å². The van der Waals surface area contributed by atoms with E-state index in [0.717, 1.165) is 36.6 Å². The van der Waals surface area contributed by atoms with Crippen molar-refractivity contribution in [3.8, 4) is 5.75 Å². The highest BCUT2D eigenvalue weighted by molar-refractivity contribution is 7.80. The highest BCUT2D eigenvalue weighted by atomic mass is 32.1. The number of phenols is 1. The molecule has 1 heterocycles. The quantitative estimate of drug-likeness (QED) is 0.230. The molecular formula is C18H23N3O3S. The van der Waals surface area contributed by atoms with Crippen LogP contribution in [0.2, 0.25) is 0 Å². The third-order valence-electron chi connectivity index (χ3n) is 3.96. The summed E-state index contributed by atoms with van der Waals surface area (Å²) in [6, 6.07) is 5.06. The first-order valence-corrected chi connectivity index (χ1v) is 8.73. The number of hydrogen-bond acceptors (Lipinski definition) is 5. The summed E-state index contributed by atoms with van der Waals surface area (Å²) >= 11 is 4.69. The largest absolute Gasteiger partial charge is 0.508 e. The van der Waals surface area contributed by atoms with Crippen LogP contribution in [0, 0.1) is 0 Å². The Kier molecular flexibility index (Phi) is 6.52. The summed E-state index contributed by atoms with van der Waals surface area (Å²) in [5, 5.41) is 14.9. The van der Waals surface area contributed by atoms with Crippen LogP contribution < -0.4 is 16.8 Å². The second-order valence-electron chi connectivity index (χ2n) is 5.95. The fourth-order valence-electron chi connectivity index (χ4n) is 2.60. The Balaban J connectivity index is 2.35. The smallest absolute Gasteiger partial charge is 0.345 e. The lowest BCUT2D eigenvalue weighted by Gasteiger charge is -2.08. The molecule has 0 aliphatic carbocycles. The fourth-order valence-corrected chi connectivity index (χ4v) is 2.64. The lowest BCUT2D eigenvalue weighted by Crippen LogP contribution is -2.26. The van der Waals surface area contributed by atoms with Gasteiger partial charge in [0.15, 0.2) is 5.11 Å².